The molecule has 2 nitrogen and oxygen atoms in total. The summed E-state index contributed by atoms with van der Waals surface area (Å²) in [6, 6.07) is 14.0. The van der Waals surface area contributed by atoms with E-state index in [1.807, 2.05) is 37.4 Å². The van der Waals surface area contributed by atoms with Crippen molar-refractivity contribution in [1.29, 1.82) is 0 Å². The molecule has 0 fully saturated rings. The molecule has 0 aliphatic heterocycles. The zero-order valence-corrected chi connectivity index (χ0v) is 12.0. The van der Waals surface area contributed by atoms with Gasteiger partial charge in [0.25, 0.3) is 0 Å². The Balaban J connectivity index is 2.21. The Hall–Kier alpha value is -1.51. The molecule has 2 rings (SSSR count). The van der Waals surface area contributed by atoms with Gasteiger partial charge in [0, 0.05) is 13.6 Å². The topological polar surface area (TPSA) is 23.5 Å². The van der Waals surface area contributed by atoms with Crippen LogP contribution in [0.4, 0.5) is 5.69 Å². The summed E-state index contributed by atoms with van der Waals surface area (Å²) in [5.74, 6) is 0. The number of aliphatic hydroxyl groups is 1. The summed E-state index contributed by atoms with van der Waals surface area (Å²) in [6.45, 7) is 2.94. The van der Waals surface area contributed by atoms with E-state index in [-0.39, 0.29) is 6.61 Å². The number of rotatable bonds is 4. The van der Waals surface area contributed by atoms with Crippen molar-refractivity contribution < 1.29 is 5.11 Å². The van der Waals surface area contributed by atoms with E-state index < -0.39 is 0 Å². The molecule has 3 heteroatoms. The van der Waals surface area contributed by atoms with Crippen molar-refractivity contribution in [3.63, 3.8) is 0 Å². The Morgan fingerprint density at radius 2 is 1.89 bits per heavy atom. The van der Waals surface area contributed by atoms with Crippen molar-refractivity contribution >= 4 is 17.3 Å². The van der Waals surface area contributed by atoms with Crippen LogP contribution in [-0.4, -0.2) is 12.2 Å². The Bertz CT molecular complexity index is 568. The van der Waals surface area contributed by atoms with Crippen LogP contribution in [0, 0.1) is 6.92 Å². The summed E-state index contributed by atoms with van der Waals surface area (Å²) in [7, 11) is 2.02. The zero-order valence-electron chi connectivity index (χ0n) is 11.2. The van der Waals surface area contributed by atoms with E-state index in [0.29, 0.717) is 5.02 Å². The quantitative estimate of drug-likeness (QED) is 0.918. The summed E-state index contributed by atoms with van der Waals surface area (Å²) >= 11 is 6.26. The van der Waals surface area contributed by atoms with Crippen molar-refractivity contribution in [2.75, 3.05) is 11.9 Å². The van der Waals surface area contributed by atoms with Crippen molar-refractivity contribution in [1.82, 2.24) is 0 Å². The smallest absolute Gasteiger partial charge is 0.0682 e. The molecule has 0 aliphatic carbocycles. The molecule has 0 heterocycles. The van der Waals surface area contributed by atoms with Gasteiger partial charge in [-0.25, -0.2) is 0 Å². The maximum Gasteiger partial charge on any atom is 0.0682 e. The lowest BCUT2D eigenvalue weighted by atomic mass is 10.1. The Morgan fingerprint density at radius 1 is 1.16 bits per heavy atom. The number of hydrogen-bond donors (Lipinski definition) is 1. The second-order valence-corrected chi connectivity index (χ2v) is 5.13. The average Bonchev–Trinajstić information content (AvgIpc) is 2.41. The summed E-state index contributed by atoms with van der Waals surface area (Å²) in [5.41, 5.74) is 4.37. The number of halogens is 1. The Labute approximate surface area is 119 Å². The van der Waals surface area contributed by atoms with E-state index in [4.69, 9.17) is 16.7 Å². The van der Waals surface area contributed by atoms with Crippen LogP contribution < -0.4 is 4.90 Å². The molecule has 0 spiro atoms. The SMILES string of the molecule is Cc1ccccc1CN(C)c1ccc(CO)cc1Cl. The van der Waals surface area contributed by atoms with E-state index in [9.17, 15) is 0 Å². The molecule has 100 valence electrons. The van der Waals surface area contributed by atoms with Crippen LogP contribution in [0.1, 0.15) is 16.7 Å². The summed E-state index contributed by atoms with van der Waals surface area (Å²) < 4.78 is 0. The van der Waals surface area contributed by atoms with E-state index in [1.165, 1.54) is 11.1 Å². The van der Waals surface area contributed by atoms with Gasteiger partial charge in [-0.2, -0.15) is 0 Å². The molecule has 0 saturated heterocycles. The highest BCUT2D eigenvalue weighted by Gasteiger charge is 2.08. The van der Waals surface area contributed by atoms with Crippen LogP contribution in [-0.2, 0) is 13.2 Å². The van der Waals surface area contributed by atoms with Crippen molar-refractivity contribution in [2.24, 2.45) is 0 Å². The average molecular weight is 276 g/mol. The highest BCUT2D eigenvalue weighted by molar-refractivity contribution is 6.33. The predicted molar refractivity (Wildman–Crippen MR) is 80.7 cm³/mol. The van der Waals surface area contributed by atoms with E-state index in [2.05, 4.69) is 24.0 Å². The first kappa shape index (κ1) is 13.9. The lowest BCUT2D eigenvalue weighted by molar-refractivity contribution is 0.282. The summed E-state index contributed by atoms with van der Waals surface area (Å²) in [5, 5.41) is 9.76. The van der Waals surface area contributed by atoms with Gasteiger partial charge in [0.1, 0.15) is 0 Å². The van der Waals surface area contributed by atoms with Crippen molar-refractivity contribution in [2.45, 2.75) is 20.1 Å². The van der Waals surface area contributed by atoms with Gasteiger partial charge >= 0.3 is 0 Å². The molecule has 0 radical (unpaired) electrons. The molecule has 0 aliphatic rings. The minimum absolute atomic E-state index is 0.0154. The fourth-order valence-electron chi connectivity index (χ4n) is 2.09. The van der Waals surface area contributed by atoms with Gasteiger partial charge in [-0.15, -0.1) is 0 Å². The van der Waals surface area contributed by atoms with Gasteiger partial charge in [-0.1, -0.05) is 41.9 Å². The van der Waals surface area contributed by atoms with E-state index in [1.54, 1.807) is 0 Å². The lowest BCUT2D eigenvalue weighted by Crippen LogP contribution is -2.17. The fourth-order valence-corrected chi connectivity index (χ4v) is 2.43. The number of aliphatic hydroxyl groups excluding tert-OH is 1. The Kier molecular flexibility index (Phi) is 4.46. The first-order chi connectivity index (χ1) is 9.11. The molecule has 2 aromatic carbocycles. The number of nitrogens with zero attached hydrogens (tertiary/aromatic N) is 1. The van der Waals surface area contributed by atoms with Gasteiger partial charge in [0.05, 0.1) is 17.3 Å². The minimum atomic E-state index is 0.0154. The van der Waals surface area contributed by atoms with Crippen molar-refractivity contribution in [3.8, 4) is 0 Å². The number of benzene rings is 2. The molecule has 19 heavy (non-hydrogen) atoms. The van der Waals surface area contributed by atoms with Crippen molar-refractivity contribution in [3.05, 3.63) is 64.2 Å². The molecule has 0 bridgehead atoms. The predicted octanol–water partition coefficient (Wildman–Crippen LogP) is 3.78. The first-order valence-electron chi connectivity index (χ1n) is 6.26. The number of hydrogen-bond acceptors (Lipinski definition) is 2. The third kappa shape index (κ3) is 3.28. The van der Waals surface area contributed by atoms with Crippen LogP contribution in [0.3, 0.4) is 0 Å². The maximum absolute atomic E-state index is 9.09. The molecular formula is C16H18ClNO. The van der Waals surface area contributed by atoms with E-state index in [0.717, 1.165) is 17.8 Å². The van der Waals surface area contributed by atoms with Gasteiger partial charge in [-0.05, 0) is 35.7 Å². The molecule has 1 N–H and O–H groups in total. The van der Waals surface area contributed by atoms with Gasteiger partial charge in [0.2, 0.25) is 0 Å². The lowest BCUT2D eigenvalue weighted by Gasteiger charge is -2.22. The molecule has 0 unspecified atom stereocenters. The summed E-state index contributed by atoms with van der Waals surface area (Å²) in [6.07, 6.45) is 0. The van der Waals surface area contributed by atoms with Crippen LogP contribution in [0.2, 0.25) is 5.02 Å². The highest BCUT2D eigenvalue weighted by Crippen LogP contribution is 2.27. The van der Waals surface area contributed by atoms with Gasteiger partial charge < -0.3 is 10.0 Å². The highest BCUT2D eigenvalue weighted by atomic mass is 35.5. The maximum atomic E-state index is 9.09. The third-order valence-electron chi connectivity index (χ3n) is 3.27. The second-order valence-electron chi connectivity index (χ2n) is 4.73. The Morgan fingerprint density at radius 3 is 2.53 bits per heavy atom. The minimum Gasteiger partial charge on any atom is -0.392 e. The molecular weight excluding hydrogens is 258 g/mol. The normalized spacial score (nSPS) is 10.5. The monoisotopic (exact) mass is 275 g/mol. The first-order valence-corrected chi connectivity index (χ1v) is 6.64. The van der Waals surface area contributed by atoms with Gasteiger partial charge in [0.15, 0.2) is 0 Å². The second kappa shape index (κ2) is 6.09. The third-order valence-corrected chi connectivity index (χ3v) is 3.58. The zero-order chi connectivity index (χ0) is 13.8. The van der Waals surface area contributed by atoms with Gasteiger partial charge in [-0.3, -0.25) is 0 Å². The van der Waals surface area contributed by atoms with E-state index >= 15 is 0 Å². The summed E-state index contributed by atoms with van der Waals surface area (Å²) in [4.78, 5) is 2.12. The molecule has 0 aromatic heterocycles. The number of anilines is 1. The van der Waals surface area contributed by atoms with Crippen LogP contribution in [0.15, 0.2) is 42.5 Å². The number of aryl methyl sites for hydroxylation is 1. The molecule has 0 saturated carbocycles. The van der Waals surface area contributed by atoms with Crippen LogP contribution in [0.5, 0.6) is 0 Å². The van der Waals surface area contributed by atoms with Crippen LogP contribution in [0.25, 0.3) is 0 Å². The molecule has 2 aromatic rings. The molecule has 0 amide bonds. The fraction of sp³-hybridized carbons (Fsp3) is 0.250. The molecule has 0 atom stereocenters. The van der Waals surface area contributed by atoms with Crippen LogP contribution >= 0.6 is 11.6 Å². The standard InChI is InChI=1S/C16H18ClNO/c1-12-5-3-4-6-14(12)10-18(2)16-8-7-13(11-19)9-15(16)17/h3-9,19H,10-11H2,1-2H3. The largest absolute Gasteiger partial charge is 0.392 e.